The summed E-state index contributed by atoms with van der Waals surface area (Å²) < 4.78 is 17.8. The molecule has 0 heterocycles. The van der Waals surface area contributed by atoms with E-state index < -0.39 is 0 Å². The third kappa shape index (κ3) is 2.40. The Kier molecular flexibility index (Phi) is 3.22. The standard InChI is InChI=1S/C9H13FN2O/c1-13-8-3-6(9(12)5-11)2-7(10)4-8/h2-4,9H,5,11-12H2,1H3. The lowest BCUT2D eigenvalue weighted by Gasteiger charge is -2.10. The van der Waals surface area contributed by atoms with E-state index >= 15 is 0 Å². The Hall–Kier alpha value is -1.13. The molecule has 0 saturated carbocycles. The van der Waals surface area contributed by atoms with Crippen LogP contribution >= 0.6 is 0 Å². The van der Waals surface area contributed by atoms with Crippen molar-refractivity contribution in [3.63, 3.8) is 0 Å². The quantitative estimate of drug-likeness (QED) is 0.730. The predicted octanol–water partition coefficient (Wildman–Crippen LogP) is 0.793. The van der Waals surface area contributed by atoms with Gasteiger partial charge in [0, 0.05) is 18.7 Å². The molecular weight excluding hydrogens is 171 g/mol. The molecule has 1 unspecified atom stereocenters. The summed E-state index contributed by atoms with van der Waals surface area (Å²) in [5.41, 5.74) is 11.6. The molecule has 3 nitrogen and oxygen atoms in total. The summed E-state index contributed by atoms with van der Waals surface area (Å²) in [5, 5.41) is 0. The number of methoxy groups -OCH3 is 1. The molecule has 4 heteroatoms. The van der Waals surface area contributed by atoms with Gasteiger partial charge in [0.15, 0.2) is 0 Å². The Bertz CT molecular complexity index is 291. The summed E-state index contributed by atoms with van der Waals surface area (Å²) in [5.74, 6) is 0.0946. The maximum absolute atomic E-state index is 12.9. The van der Waals surface area contributed by atoms with Crippen LogP contribution in [-0.2, 0) is 0 Å². The van der Waals surface area contributed by atoms with Gasteiger partial charge in [0.1, 0.15) is 11.6 Å². The van der Waals surface area contributed by atoms with E-state index in [1.54, 1.807) is 6.07 Å². The first-order chi connectivity index (χ1) is 6.17. The van der Waals surface area contributed by atoms with Gasteiger partial charge in [-0.3, -0.25) is 0 Å². The fraction of sp³-hybridized carbons (Fsp3) is 0.333. The van der Waals surface area contributed by atoms with Crippen LogP contribution in [0.4, 0.5) is 4.39 Å². The maximum atomic E-state index is 12.9. The zero-order valence-corrected chi connectivity index (χ0v) is 7.46. The van der Waals surface area contributed by atoms with Crippen LogP contribution in [0.5, 0.6) is 5.75 Å². The molecule has 0 aromatic heterocycles. The van der Waals surface area contributed by atoms with Gasteiger partial charge < -0.3 is 16.2 Å². The highest BCUT2D eigenvalue weighted by atomic mass is 19.1. The molecular formula is C9H13FN2O. The monoisotopic (exact) mass is 184 g/mol. The molecule has 1 atom stereocenters. The highest BCUT2D eigenvalue weighted by Crippen LogP contribution is 2.19. The van der Waals surface area contributed by atoms with Crippen LogP contribution in [0.3, 0.4) is 0 Å². The number of hydrogen-bond acceptors (Lipinski definition) is 3. The van der Waals surface area contributed by atoms with E-state index in [2.05, 4.69) is 0 Å². The average Bonchev–Trinajstić information content (AvgIpc) is 2.15. The third-order valence-electron chi connectivity index (χ3n) is 1.81. The molecule has 0 bridgehead atoms. The van der Waals surface area contributed by atoms with E-state index in [1.165, 1.54) is 19.2 Å². The van der Waals surface area contributed by atoms with Crippen molar-refractivity contribution in [3.05, 3.63) is 29.6 Å². The van der Waals surface area contributed by atoms with Crippen LogP contribution in [0.15, 0.2) is 18.2 Å². The molecule has 0 spiro atoms. The first kappa shape index (κ1) is 9.95. The predicted molar refractivity (Wildman–Crippen MR) is 48.9 cm³/mol. The summed E-state index contributed by atoms with van der Waals surface area (Å²) in [6, 6.07) is 4.00. The van der Waals surface area contributed by atoms with Crippen LogP contribution < -0.4 is 16.2 Å². The third-order valence-corrected chi connectivity index (χ3v) is 1.81. The average molecular weight is 184 g/mol. The number of hydrogen-bond donors (Lipinski definition) is 2. The molecule has 13 heavy (non-hydrogen) atoms. The molecule has 1 rings (SSSR count). The van der Waals surface area contributed by atoms with Crippen molar-refractivity contribution in [3.8, 4) is 5.75 Å². The van der Waals surface area contributed by atoms with E-state index in [0.717, 1.165) is 0 Å². The van der Waals surface area contributed by atoms with Crippen molar-refractivity contribution in [2.24, 2.45) is 11.5 Å². The molecule has 1 aromatic carbocycles. The van der Waals surface area contributed by atoms with Crippen molar-refractivity contribution in [2.45, 2.75) is 6.04 Å². The number of benzene rings is 1. The minimum Gasteiger partial charge on any atom is -0.497 e. The van der Waals surface area contributed by atoms with Crippen molar-refractivity contribution >= 4 is 0 Å². The molecule has 0 amide bonds. The van der Waals surface area contributed by atoms with Crippen LogP contribution in [0.1, 0.15) is 11.6 Å². The van der Waals surface area contributed by atoms with Gasteiger partial charge >= 0.3 is 0 Å². The molecule has 0 radical (unpaired) electrons. The highest BCUT2D eigenvalue weighted by Gasteiger charge is 2.06. The smallest absolute Gasteiger partial charge is 0.127 e. The zero-order chi connectivity index (χ0) is 9.84. The summed E-state index contributed by atoms with van der Waals surface area (Å²) in [7, 11) is 1.48. The molecule has 0 aliphatic rings. The number of halogens is 1. The van der Waals surface area contributed by atoms with Gasteiger partial charge in [-0.2, -0.15) is 0 Å². The van der Waals surface area contributed by atoms with E-state index in [4.69, 9.17) is 16.2 Å². The van der Waals surface area contributed by atoms with Gasteiger partial charge in [0.25, 0.3) is 0 Å². The summed E-state index contributed by atoms with van der Waals surface area (Å²) >= 11 is 0. The molecule has 1 aromatic rings. The Labute approximate surface area is 76.5 Å². The minimum absolute atomic E-state index is 0.284. The first-order valence-corrected chi connectivity index (χ1v) is 3.97. The lowest BCUT2D eigenvalue weighted by atomic mass is 10.1. The molecule has 0 aliphatic heterocycles. The molecule has 4 N–H and O–H groups in total. The fourth-order valence-electron chi connectivity index (χ4n) is 1.05. The molecule has 0 aliphatic carbocycles. The van der Waals surface area contributed by atoms with Crippen LogP contribution in [-0.4, -0.2) is 13.7 Å². The minimum atomic E-state index is -0.363. The lowest BCUT2D eigenvalue weighted by Crippen LogP contribution is -2.20. The van der Waals surface area contributed by atoms with E-state index in [1.807, 2.05) is 0 Å². The SMILES string of the molecule is COc1cc(F)cc(C(N)CN)c1. The van der Waals surface area contributed by atoms with Gasteiger partial charge in [0.05, 0.1) is 7.11 Å². The van der Waals surface area contributed by atoms with E-state index in [-0.39, 0.29) is 18.4 Å². The normalized spacial score (nSPS) is 12.6. The molecule has 0 saturated heterocycles. The van der Waals surface area contributed by atoms with Crippen LogP contribution in [0, 0.1) is 5.82 Å². The summed E-state index contributed by atoms with van der Waals surface area (Å²) in [6.07, 6.45) is 0. The van der Waals surface area contributed by atoms with Crippen LogP contribution in [0.2, 0.25) is 0 Å². The largest absolute Gasteiger partial charge is 0.497 e. The Morgan fingerprint density at radius 3 is 2.69 bits per heavy atom. The summed E-state index contributed by atoms with van der Waals surface area (Å²) in [4.78, 5) is 0. The fourth-order valence-corrected chi connectivity index (χ4v) is 1.05. The van der Waals surface area contributed by atoms with E-state index in [9.17, 15) is 4.39 Å². The van der Waals surface area contributed by atoms with Gasteiger partial charge in [-0.05, 0) is 17.7 Å². The Morgan fingerprint density at radius 2 is 2.15 bits per heavy atom. The second kappa shape index (κ2) is 4.20. The molecule has 72 valence electrons. The van der Waals surface area contributed by atoms with Crippen molar-refractivity contribution in [1.29, 1.82) is 0 Å². The number of nitrogens with two attached hydrogens (primary N) is 2. The number of ether oxygens (including phenoxy) is 1. The zero-order valence-electron chi connectivity index (χ0n) is 7.46. The summed E-state index contributed by atoms with van der Waals surface area (Å²) in [6.45, 7) is 0.284. The van der Waals surface area contributed by atoms with Gasteiger partial charge in [-0.25, -0.2) is 4.39 Å². The van der Waals surface area contributed by atoms with Crippen molar-refractivity contribution < 1.29 is 9.13 Å². The first-order valence-electron chi connectivity index (χ1n) is 3.97. The number of rotatable bonds is 3. The maximum Gasteiger partial charge on any atom is 0.127 e. The van der Waals surface area contributed by atoms with Crippen molar-refractivity contribution in [1.82, 2.24) is 0 Å². The topological polar surface area (TPSA) is 61.3 Å². The van der Waals surface area contributed by atoms with Gasteiger partial charge in [-0.1, -0.05) is 0 Å². The lowest BCUT2D eigenvalue weighted by molar-refractivity contribution is 0.410. The second-order valence-corrected chi connectivity index (χ2v) is 2.77. The highest BCUT2D eigenvalue weighted by molar-refractivity contribution is 5.31. The van der Waals surface area contributed by atoms with Crippen LogP contribution in [0.25, 0.3) is 0 Å². The van der Waals surface area contributed by atoms with E-state index in [0.29, 0.717) is 11.3 Å². The van der Waals surface area contributed by atoms with Gasteiger partial charge in [0.2, 0.25) is 0 Å². The Morgan fingerprint density at radius 1 is 1.46 bits per heavy atom. The Balaban J connectivity index is 3.01. The second-order valence-electron chi connectivity index (χ2n) is 2.77. The van der Waals surface area contributed by atoms with Gasteiger partial charge in [-0.15, -0.1) is 0 Å². The van der Waals surface area contributed by atoms with Crippen molar-refractivity contribution in [2.75, 3.05) is 13.7 Å². The molecule has 0 fully saturated rings.